The van der Waals surface area contributed by atoms with E-state index in [1.54, 1.807) is 0 Å². The molecule has 0 spiro atoms. The second-order valence-electron chi connectivity index (χ2n) is 7.80. The van der Waals surface area contributed by atoms with Gasteiger partial charge in [0.2, 0.25) is 0 Å². The molecule has 0 aliphatic heterocycles. The van der Waals surface area contributed by atoms with Crippen molar-refractivity contribution in [3.63, 3.8) is 0 Å². The van der Waals surface area contributed by atoms with Crippen molar-refractivity contribution in [2.24, 2.45) is 5.92 Å². The lowest BCUT2D eigenvalue weighted by Gasteiger charge is -2.40. The number of ether oxygens (including phenoxy) is 1. The van der Waals surface area contributed by atoms with Gasteiger partial charge in [-0.15, -0.1) is 0 Å². The molecule has 4 heteroatoms. The van der Waals surface area contributed by atoms with Crippen LogP contribution in [-0.2, 0) is 4.74 Å². The van der Waals surface area contributed by atoms with Gasteiger partial charge in [-0.3, -0.25) is 0 Å². The number of carbonyl (C=O) groups is 1. The van der Waals surface area contributed by atoms with Crippen molar-refractivity contribution < 1.29 is 9.53 Å². The summed E-state index contributed by atoms with van der Waals surface area (Å²) in [7, 11) is 0. The third kappa shape index (κ3) is 5.50. The molecule has 2 fully saturated rings. The molecule has 0 saturated heterocycles. The number of alkyl carbamates (subject to hydrolysis) is 1. The lowest BCUT2D eigenvalue weighted by molar-refractivity contribution is 0.0460. The monoisotopic (exact) mass is 296 g/mol. The average molecular weight is 296 g/mol. The standard InChI is InChI=1S/C17H32N2O2/c1-5-12-6-8-13(9-7-12)18-14-10-15(11-14)19-16(20)21-17(2,3)4/h12-15,18H,5-11H2,1-4H3,(H,19,20). The van der Waals surface area contributed by atoms with E-state index in [2.05, 4.69) is 17.6 Å². The smallest absolute Gasteiger partial charge is 0.407 e. The Labute approximate surface area is 129 Å². The zero-order valence-electron chi connectivity index (χ0n) is 14.1. The molecule has 0 bridgehead atoms. The van der Waals surface area contributed by atoms with E-state index in [9.17, 15) is 4.79 Å². The summed E-state index contributed by atoms with van der Waals surface area (Å²) in [4.78, 5) is 11.7. The summed E-state index contributed by atoms with van der Waals surface area (Å²) in [6.07, 6.45) is 8.51. The highest BCUT2D eigenvalue weighted by atomic mass is 16.6. The van der Waals surface area contributed by atoms with Crippen molar-refractivity contribution in [1.29, 1.82) is 0 Å². The van der Waals surface area contributed by atoms with Crippen molar-refractivity contribution in [3.8, 4) is 0 Å². The number of nitrogens with one attached hydrogen (secondary N) is 2. The van der Waals surface area contributed by atoms with Gasteiger partial charge in [-0.2, -0.15) is 0 Å². The van der Waals surface area contributed by atoms with Crippen LogP contribution in [0.3, 0.4) is 0 Å². The van der Waals surface area contributed by atoms with E-state index >= 15 is 0 Å². The largest absolute Gasteiger partial charge is 0.444 e. The van der Waals surface area contributed by atoms with Crippen LogP contribution >= 0.6 is 0 Å². The molecule has 0 aromatic heterocycles. The van der Waals surface area contributed by atoms with Gasteiger partial charge in [-0.05, 0) is 65.2 Å². The molecule has 2 saturated carbocycles. The van der Waals surface area contributed by atoms with Gasteiger partial charge in [0.05, 0.1) is 0 Å². The van der Waals surface area contributed by atoms with Gasteiger partial charge < -0.3 is 15.4 Å². The maximum Gasteiger partial charge on any atom is 0.407 e. The van der Waals surface area contributed by atoms with Crippen LogP contribution in [0.15, 0.2) is 0 Å². The Hall–Kier alpha value is -0.770. The zero-order valence-corrected chi connectivity index (χ0v) is 14.1. The Morgan fingerprint density at radius 2 is 1.67 bits per heavy atom. The van der Waals surface area contributed by atoms with E-state index in [4.69, 9.17) is 4.74 Å². The maximum atomic E-state index is 11.7. The predicted molar refractivity (Wildman–Crippen MR) is 85.4 cm³/mol. The van der Waals surface area contributed by atoms with E-state index in [1.165, 1.54) is 32.1 Å². The fourth-order valence-electron chi connectivity index (χ4n) is 3.42. The summed E-state index contributed by atoms with van der Waals surface area (Å²) in [6.45, 7) is 7.98. The van der Waals surface area contributed by atoms with Crippen LogP contribution in [0.25, 0.3) is 0 Å². The molecule has 0 aromatic rings. The number of hydrogen-bond donors (Lipinski definition) is 2. The summed E-state index contributed by atoms with van der Waals surface area (Å²) in [5.41, 5.74) is -0.413. The molecule has 2 rings (SSSR count). The first-order valence-electron chi connectivity index (χ1n) is 8.61. The second kappa shape index (κ2) is 6.99. The van der Waals surface area contributed by atoms with Crippen LogP contribution in [0.4, 0.5) is 4.79 Å². The first kappa shape index (κ1) is 16.6. The van der Waals surface area contributed by atoms with Gasteiger partial charge in [0.1, 0.15) is 5.60 Å². The Bertz CT molecular complexity index is 337. The highest BCUT2D eigenvalue weighted by molar-refractivity contribution is 5.68. The molecule has 2 N–H and O–H groups in total. The first-order chi connectivity index (χ1) is 9.85. The summed E-state index contributed by atoms with van der Waals surface area (Å²) in [5.74, 6) is 0.950. The van der Waals surface area contributed by atoms with E-state index < -0.39 is 5.60 Å². The SMILES string of the molecule is CCC1CCC(NC2CC(NC(=O)OC(C)(C)C)C2)CC1. The lowest BCUT2D eigenvalue weighted by atomic mass is 9.81. The quantitative estimate of drug-likeness (QED) is 0.833. The van der Waals surface area contributed by atoms with Crippen LogP contribution in [0.5, 0.6) is 0 Å². The summed E-state index contributed by atoms with van der Waals surface area (Å²) < 4.78 is 5.28. The van der Waals surface area contributed by atoms with Crippen molar-refractivity contribution in [2.45, 2.75) is 96.4 Å². The van der Waals surface area contributed by atoms with Crippen molar-refractivity contribution in [2.75, 3.05) is 0 Å². The summed E-state index contributed by atoms with van der Waals surface area (Å²) in [6, 6.07) is 1.55. The Balaban J connectivity index is 1.58. The number of carbonyl (C=O) groups excluding carboxylic acids is 1. The Morgan fingerprint density at radius 3 is 2.19 bits per heavy atom. The van der Waals surface area contributed by atoms with Gasteiger partial charge in [-0.1, -0.05) is 13.3 Å². The molecule has 0 radical (unpaired) electrons. The van der Waals surface area contributed by atoms with Crippen molar-refractivity contribution in [1.82, 2.24) is 10.6 Å². The minimum Gasteiger partial charge on any atom is -0.444 e. The fraction of sp³-hybridized carbons (Fsp3) is 0.941. The summed E-state index contributed by atoms with van der Waals surface area (Å²) in [5, 5.41) is 6.71. The molecule has 0 heterocycles. The minimum absolute atomic E-state index is 0.282. The first-order valence-corrected chi connectivity index (χ1v) is 8.61. The normalized spacial score (nSPS) is 33.1. The fourth-order valence-corrected chi connectivity index (χ4v) is 3.42. The highest BCUT2D eigenvalue weighted by Gasteiger charge is 2.33. The van der Waals surface area contributed by atoms with Gasteiger partial charge in [0.25, 0.3) is 0 Å². The predicted octanol–water partition coefficient (Wildman–Crippen LogP) is 3.60. The minimum atomic E-state index is -0.413. The molecule has 1 amide bonds. The maximum absolute atomic E-state index is 11.7. The molecule has 2 aliphatic rings. The molecule has 4 nitrogen and oxygen atoms in total. The molecule has 0 atom stereocenters. The van der Waals surface area contributed by atoms with Gasteiger partial charge >= 0.3 is 6.09 Å². The van der Waals surface area contributed by atoms with Crippen LogP contribution in [0.2, 0.25) is 0 Å². The molecule has 0 aromatic carbocycles. The van der Waals surface area contributed by atoms with Gasteiger partial charge in [0.15, 0.2) is 0 Å². The van der Waals surface area contributed by atoms with Crippen molar-refractivity contribution in [3.05, 3.63) is 0 Å². The van der Waals surface area contributed by atoms with Crippen LogP contribution in [0, 0.1) is 5.92 Å². The average Bonchev–Trinajstić information content (AvgIpc) is 2.35. The van der Waals surface area contributed by atoms with Gasteiger partial charge in [0, 0.05) is 18.1 Å². The number of amides is 1. The van der Waals surface area contributed by atoms with Crippen LogP contribution < -0.4 is 10.6 Å². The highest BCUT2D eigenvalue weighted by Crippen LogP contribution is 2.29. The third-order valence-electron chi connectivity index (χ3n) is 4.75. The molecule has 0 unspecified atom stereocenters. The van der Waals surface area contributed by atoms with Crippen molar-refractivity contribution >= 4 is 6.09 Å². The third-order valence-corrected chi connectivity index (χ3v) is 4.75. The Morgan fingerprint density at radius 1 is 1.05 bits per heavy atom. The Kier molecular flexibility index (Phi) is 5.53. The van der Waals surface area contributed by atoms with Crippen LogP contribution in [-0.4, -0.2) is 29.8 Å². The van der Waals surface area contributed by atoms with E-state index in [0.717, 1.165) is 18.8 Å². The second-order valence-corrected chi connectivity index (χ2v) is 7.80. The molecule has 21 heavy (non-hydrogen) atoms. The summed E-state index contributed by atoms with van der Waals surface area (Å²) >= 11 is 0. The topological polar surface area (TPSA) is 50.4 Å². The van der Waals surface area contributed by atoms with E-state index in [0.29, 0.717) is 12.1 Å². The number of hydrogen-bond acceptors (Lipinski definition) is 3. The van der Waals surface area contributed by atoms with E-state index in [1.807, 2.05) is 20.8 Å². The lowest BCUT2D eigenvalue weighted by Crippen LogP contribution is -2.55. The molecular weight excluding hydrogens is 264 g/mol. The van der Waals surface area contributed by atoms with E-state index in [-0.39, 0.29) is 12.1 Å². The molecule has 2 aliphatic carbocycles. The molecule has 122 valence electrons. The molecular formula is C17H32N2O2. The number of rotatable bonds is 4. The van der Waals surface area contributed by atoms with Crippen LogP contribution in [0.1, 0.15) is 72.6 Å². The van der Waals surface area contributed by atoms with Gasteiger partial charge in [-0.25, -0.2) is 4.79 Å². The zero-order chi connectivity index (χ0) is 15.5.